The summed E-state index contributed by atoms with van der Waals surface area (Å²) in [6.45, 7) is 8.53. The molecule has 1 saturated heterocycles. The Bertz CT molecular complexity index is 693. The molecule has 0 atom stereocenters. The molecule has 2 aromatic heterocycles. The first-order valence-corrected chi connectivity index (χ1v) is 7.82. The van der Waals surface area contributed by atoms with E-state index < -0.39 is 5.60 Å². The van der Waals surface area contributed by atoms with Gasteiger partial charge in [0.15, 0.2) is 5.65 Å². The van der Waals surface area contributed by atoms with Crippen LogP contribution in [0.15, 0.2) is 18.5 Å². The van der Waals surface area contributed by atoms with E-state index in [2.05, 4.69) is 20.2 Å². The van der Waals surface area contributed by atoms with Crippen LogP contribution in [-0.2, 0) is 4.74 Å². The van der Waals surface area contributed by atoms with E-state index >= 15 is 0 Å². The third-order valence-electron chi connectivity index (χ3n) is 3.62. The number of hydrogen-bond acceptors (Lipinski definition) is 6. The van der Waals surface area contributed by atoms with Gasteiger partial charge >= 0.3 is 6.09 Å². The minimum absolute atomic E-state index is 0.249. The summed E-state index contributed by atoms with van der Waals surface area (Å²) < 4.78 is 7.11. The Morgan fingerprint density at radius 1 is 1.17 bits per heavy atom. The van der Waals surface area contributed by atoms with Crippen molar-refractivity contribution in [2.45, 2.75) is 32.8 Å². The molecule has 0 aromatic carbocycles. The quantitative estimate of drug-likeness (QED) is 0.794. The lowest BCUT2D eigenvalue weighted by Crippen LogP contribution is -2.39. The van der Waals surface area contributed by atoms with Crippen molar-refractivity contribution < 1.29 is 9.53 Å². The number of nitrogens with zero attached hydrogens (tertiary/aromatic N) is 6. The molecule has 0 saturated carbocycles. The molecule has 0 spiro atoms. The highest BCUT2D eigenvalue weighted by Gasteiger charge is 2.24. The molecule has 1 aliphatic rings. The van der Waals surface area contributed by atoms with Crippen molar-refractivity contribution in [1.82, 2.24) is 24.7 Å². The molecule has 0 unspecified atom stereocenters. The first kappa shape index (κ1) is 15.5. The van der Waals surface area contributed by atoms with Crippen molar-refractivity contribution in [3.8, 4) is 0 Å². The van der Waals surface area contributed by atoms with E-state index in [1.165, 1.54) is 0 Å². The summed E-state index contributed by atoms with van der Waals surface area (Å²) in [7, 11) is 0. The predicted octanol–water partition coefficient (Wildman–Crippen LogP) is 1.57. The zero-order valence-corrected chi connectivity index (χ0v) is 13.8. The Morgan fingerprint density at radius 2 is 2.00 bits per heavy atom. The van der Waals surface area contributed by atoms with Crippen LogP contribution in [0.25, 0.3) is 5.65 Å². The molecule has 0 bridgehead atoms. The topological polar surface area (TPSA) is 75.9 Å². The molecule has 124 valence electrons. The lowest BCUT2D eigenvalue weighted by atomic mass is 10.2. The molecule has 3 rings (SSSR count). The van der Waals surface area contributed by atoms with Gasteiger partial charge in [0.25, 0.3) is 0 Å². The molecular weight excluding hydrogens is 296 g/mol. The first-order valence-electron chi connectivity index (χ1n) is 7.82. The summed E-state index contributed by atoms with van der Waals surface area (Å²) in [5.41, 5.74) is 0.253. The van der Waals surface area contributed by atoms with Crippen molar-refractivity contribution in [2.24, 2.45) is 0 Å². The third-order valence-corrected chi connectivity index (χ3v) is 3.62. The lowest BCUT2D eigenvalue weighted by molar-refractivity contribution is 0.0263. The number of aromatic nitrogens is 4. The molecule has 2 aromatic rings. The molecule has 0 aliphatic carbocycles. The maximum Gasteiger partial charge on any atom is 0.410 e. The van der Waals surface area contributed by atoms with Crippen LogP contribution in [0.4, 0.5) is 10.6 Å². The highest BCUT2D eigenvalue weighted by atomic mass is 16.6. The highest BCUT2D eigenvalue weighted by Crippen LogP contribution is 2.16. The minimum Gasteiger partial charge on any atom is -0.444 e. The van der Waals surface area contributed by atoms with Crippen LogP contribution in [0.5, 0.6) is 0 Å². The van der Waals surface area contributed by atoms with Crippen LogP contribution in [0.2, 0.25) is 0 Å². The summed E-state index contributed by atoms with van der Waals surface area (Å²) in [6.07, 6.45) is 2.21. The molecule has 1 amide bonds. The molecular formula is C15H22N6O2. The van der Waals surface area contributed by atoms with Gasteiger partial charge in [0, 0.05) is 26.2 Å². The van der Waals surface area contributed by atoms with Gasteiger partial charge in [-0.05, 0) is 39.3 Å². The smallest absolute Gasteiger partial charge is 0.410 e. The maximum atomic E-state index is 12.2. The summed E-state index contributed by atoms with van der Waals surface area (Å²) in [4.78, 5) is 16.1. The van der Waals surface area contributed by atoms with Gasteiger partial charge in [-0.15, -0.1) is 15.3 Å². The second kappa shape index (κ2) is 6.02. The fourth-order valence-electron chi connectivity index (χ4n) is 2.54. The van der Waals surface area contributed by atoms with Crippen LogP contribution < -0.4 is 4.90 Å². The number of amides is 1. The maximum absolute atomic E-state index is 12.2. The van der Waals surface area contributed by atoms with Gasteiger partial charge in [-0.3, -0.25) is 0 Å². The van der Waals surface area contributed by atoms with Crippen molar-refractivity contribution in [2.75, 3.05) is 31.1 Å². The van der Waals surface area contributed by atoms with Gasteiger partial charge in [0.2, 0.25) is 0 Å². The standard InChI is InChI=1S/C15H22N6O2/c1-15(2,3)23-14(22)20-8-4-7-19(9-10-20)13-6-5-12-17-16-11-21(12)18-13/h5-6,11H,4,7-10H2,1-3H3. The molecule has 1 fully saturated rings. The average molecular weight is 318 g/mol. The second-order valence-electron chi connectivity index (χ2n) is 6.63. The molecule has 0 N–H and O–H groups in total. The highest BCUT2D eigenvalue weighted by molar-refractivity contribution is 5.68. The largest absolute Gasteiger partial charge is 0.444 e. The number of anilines is 1. The van der Waals surface area contributed by atoms with Gasteiger partial charge in [0.1, 0.15) is 17.7 Å². The molecule has 23 heavy (non-hydrogen) atoms. The van der Waals surface area contributed by atoms with Crippen LogP contribution in [0.3, 0.4) is 0 Å². The predicted molar refractivity (Wildman–Crippen MR) is 85.4 cm³/mol. The number of carbonyl (C=O) groups excluding carboxylic acids is 1. The lowest BCUT2D eigenvalue weighted by Gasteiger charge is -2.26. The number of hydrogen-bond donors (Lipinski definition) is 0. The van der Waals surface area contributed by atoms with E-state index in [0.717, 1.165) is 31.0 Å². The average Bonchev–Trinajstić information content (AvgIpc) is 2.79. The van der Waals surface area contributed by atoms with Gasteiger partial charge in [-0.25, -0.2) is 4.79 Å². The van der Waals surface area contributed by atoms with Crippen LogP contribution in [0, 0.1) is 0 Å². The summed E-state index contributed by atoms with van der Waals surface area (Å²) in [6, 6.07) is 3.83. The van der Waals surface area contributed by atoms with Crippen molar-refractivity contribution >= 4 is 17.6 Å². The fraction of sp³-hybridized carbons (Fsp3) is 0.600. The molecule has 8 nitrogen and oxygen atoms in total. The van der Waals surface area contributed by atoms with Crippen LogP contribution >= 0.6 is 0 Å². The molecule has 3 heterocycles. The number of rotatable bonds is 1. The zero-order valence-electron chi connectivity index (χ0n) is 13.8. The third kappa shape index (κ3) is 3.69. The summed E-state index contributed by atoms with van der Waals surface area (Å²) in [5.74, 6) is 0.864. The van der Waals surface area contributed by atoms with E-state index in [4.69, 9.17) is 4.74 Å². The first-order chi connectivity index (χ1) is 10.9. The fourth-order valence-corrected chi connectivity index (χ4v) is 2.54. The van der Waals surface area contributed by atoms with E-state index in [0.29, 0.717) is 13.1 Å². The number of carbonyl (C=O) groups is 1. The minimum atomic E-state index is -0.468. The Labute approximate surface area is 135 Å². The van der Waals surface area contributed by atoms with Crippen molar-refractivity contribution in [3.05, 3.63) is 18.5 Å². The normalized spacial score (nSPS) is 16.5. The van der Waals surface area contributed by atoms with Crippen molar-refractivity contribution in [3.63, 3.8) is 0 Å². The molecule has 8 heteroatoms. The van der Waals surface area contributed by atoms with Crippen LogP contribution in [0.1, 0.15) is 27.2 Å². The Kier molecular flexibility index (Phi) is 4.06. The van der Waals surface area contributed by atoms with Gasteiger partial charge in [-0.1, -0.05) is 0 Å². The van der Waals surface area contributed by atoms with Gasteiger partial charge in [-0.2, -0.15) is 4.52 Å². The summed E-state index contributed by atoms with van der Waals surface area (Å²) in [5, 5.41) is 12.3. The Hall–Kier alpha value is -2.38. The second-order valence-corrected chi connectivity index (χ2v) is 6.63. The van der Waals surface area contributed by atoms with E-state index in [-0.39, 0.29) is 6.09 Å². The summed E-state index contributed by atoms with van der Waals surface area (Å²) >= 11 is 0. The van der Waals surface area contributed by atoms with Gasteiger partial charge < -0.3 is 14.5 Å². The SMILES string of the molecule is CC(C)(C)OC(=O)N1CCCN(c2ccc3nncn3n2)CC1. The van der Waals surface area contributed by atoms with Crippen molar-refractivity contribution in [1.29, 1.82) is 0 Å². The van der Waals surface area contributed by atoms with E-state index in [1.807, 2.05) is 32.9 Å². The van der Waals surface area contributed by atoms with Crippen LogP contribution in [-0.4, -0.2) is 62.6 Å². The monoisotopic (exact) mass is 318 g/mol. The Balaban J connectivity index is 1.67. The number of fused-ring (bicyclic) bond motifs is 1. The Morgan fingerprint density at radius 3 is 2.78 bits per heavy atom. The zero-order chi connectivity index (χ0) is 16.4. The van der Waals surface area contributed by atoms with E-state index in [9.17, 15) is 4.79 Å². The number of ether oxygens (including phenoxy) is 1. The molecule has 0 radical (unpaired) electrons. The molecule has 1 aliphatic heterocycles. The van der Waals surface area contributed by atoms with E-state index in [1.54, 1.807) is 15.7 Å². The van der Waals surface area contributed by atoms with Gasteiger partial charge in [0.05, 0.1) is 0 Å².